The smallest absolute Gasteiger partial charge is 0.110 e. The van der Waals surface area contributed by atoms with Gasteiger partial charge in [-0.25, -0.2) is 0 Å². The highest BCUT2D eigenvalue weighted by Gasteiger charge is 2.04. The second-order valence-electron chi connectivity index (χ2n) is 2.29. The third-order valence-corrected chi connectivity index (χ3v) is 1.43. The summed E-state index contributed by atoms with van der Waals surface area (Å²) in [6.07, 6.45) is 1.81. The highest BCUT2D eigenvalue weighted by Crippen LogP contribution is 2.19. The molecule has 0 atom stereocenters. The zero-order valence-electron chi connectivity index (χ0n) is 5.94. The molecule has 0 saturated carbocycles. The molecule has 54 valence electrons. The van der Waals surface area contributed by atoms with Crippen LogP contribution in [-0.2, 0) is 0 Å². The van der Waals surface area contributed by atoms with E-state index in [1.807, 2.05) is 13.1 Å². The molecule has 10 heavy (non-hydrogen) atoms. The number of H-pyrrole nitrogens is 1. The number of hydrogen-bond acceptors (Lipinski definition) is 2. The molecule has 0 aliphatic rings. The van der Waals surface area contributed by atoms with E-state index >= 15 is 0 Å². The first-order valence-corrected chi connectivity index (χ1v) is 3.01. The Hall–Kier alpha value is -1.38. The zero-order valence-corrected chi connectivity index (χ0v) is 5.94. The molecule has 0 saturated heterocycles. The van der Waals surface area contributed by atoms with E-state index in [2.05, 4.69) is 11.6 Å². The van der Waals surface area contributed by atoms with Crippen molar-refractivity contribution in [2.45, 2.75) is 6.92 Å². The number of nitrogen functional groups attached to an aromatic ring is 1. The van der Waals surface area contributed by atoms with Gasteiger partial charge in [0.2, 0.25) is 0 Å². The summed E-state index contributed by atoms with van der Waals surface area (Å²) in [5.41, 5.74) is 13.4. The highest BCUT2D eigenvalue weighted by atomic mass is 14.8. The van der Waals surface area contributed by atoms with E-state index in [9.17, 15) is 0 Å². The molecule has 0 unspecified atom stereocenters. The van der Waals surface area contributed by atoms with E-state index in [1.54, 1.807) is 0 Å². The maximum atomic E-state index is 5.55. The van der Waals surface area contributed by atoms with Crippen LogP contribution >= 0.6 is 0 Å². The molecule has 0 aliphatic heterocycles. The lowest BCUT2D eigenvalue weighted by Gasteiger charge is -1.98. The molecule has 0 amide bonds. The number of hydrogen-bond donors (Lipinski definition) is 3. The Bertz CT molecular complexity index is 240. The van der Waals surface area contributed by atoms with E-state index in [4.69, 9.17) is 11.5 Å². The second-order valence-corrected chi connectivity index (χ2v) is 2.29. The van der Waals surface area contributed by atoms with Crippen molar-refractivity contribution in [1.29, 1.82) is 0 Å². The molecule has 1 rings (SSSR count). The maximum absolute atomic E-state index is 5.55. The van der Waals surface area contributed by atoms with E-state index < -0.39 is 0 Å². The number of anilines is 1. The Labute approximate surface area is 59.7 Å². The van der Waals surface area contributed by atoms with E-state index in [0.29, 0.717) is 11.5 Å². The first kappa shape index (κ1) is 6.74. The summed E-state index contributed by atoms with van der Waals surface area (Å²) in [6, 6.07) is 0. The van der Waals surface area contributed by atoms with Crippen LogP contribution in [0.2, 0.25) is 0 Å². The van der Waals surface area contributed by atoms with Gasteiger partial charge in [-0.15, -0.1) is 0 Å². The van der Waals surface area contributed by atoms with Gasteiger partial charge in [0.25, 0.3) is 0 Å². The normalized spacial score (nSPS) is 9.70. The Morgan fingerprint density at radius 3 is 2.50 bits per heavy atom. The number of aryl methyl sites for hydroxylation is 1. The molecule has 3 nitrogen and oxygen atoms in total. The number of aromatic nitrogens is 1. The van der Waals surface area contributed by atoms with Crippen LogP contribution < -0.4 is 11.5 Å². The molecule has 0 radical (unpaired) electrons. The lowest BCUT2D eigenvalue weighted by molar-refractivity contribution is 1.39. The van der Waals surface area contributed by atoms with Crippen LogP contribution in [-0.4, -0.2) is 4.98 Å². The molecular formula is C7H11N3. The lowest BCUT2D eigenvalue weighted by atomic mass is 10.2. The van der Waals surface area contributed by atoms with Gasteiger partial charge in [0.1, 0.15) is 5.82 Å². The van der Waals surface area contributed by atoms with Crippen molar-refractivity contribution in [3.63, 3.8) is 0 Å². The number of rotatable bonds is 1. The minimum atomic E-state index is 0.510. The fourth-order valence-corrected chi connectivity index (χ4v) is 0.969. The second kappa shape index (κ2) is 2.10. The largest absolute Gasteiger partial charge is 0.399 e. The zero-order chi connectivity index (χ0) is 7.72. The molecule has 0 bridgehead atoms. The monoisotopic (exact) mass is 137 g/mol. The van der Waals surface area contributed by atoms with Crippen LogP contribution in [0.25, 0.3) is 5.70 Å². The topological polar surface area (TPSA) is 67.8 Å². The van der Waals surface area contributed by atoms with Crippen LogP contribution in [0, 0.1) is 6.92 Å². The lowest BCUT2D eigenvalue weighted by Crippen LogP contribution is -1.98. The van der Waals surface area contributed by atoms with Gasteiger partial charge >= 0.3 is 0 Å². The third kappa shape index (κ3) is 0.857. The summed E-state index contributed by atoms with van der Waals surface area (Å²) in [4.78, 5) is 2.86. The van der Waals surface area contributed by atoms with Crippen molar-refractivity contribution in [2.24, 2.45) is 5.73 Å². The van der Waals surface area contributed by atoms with Crippen LogP contribution in [0.4, 0.5) is 5.82 Å². The van der Waals surface area contributed by atoms with Gasteiger partial charge in [0.05, 0.1) is 0 Å². The third-order valence-electron chi connectivity index (χ3n) is 1.43. The van der Waals surface area contributed by atoms with Gasteiger partial charge in [0, 0.05) is 17.5 Å². The molecule has 1 heterocycles. The summed E-state index contributed by atoms with van der Waals surface area (Å²) >= 11 is 0. The molecule has 3 heteroatoms. The predicted octanol–water partition coefficient (Wildman–Crippen LogP) is 0.835. The van der Waals surface area contributed by atoms with Crippen molar-refractivity contribution in [2.75, 3.05) is 5.73 Å². The van der Waals surface area contributed by atoms with Crippen molar-refractivity contribution in [3.05, 3.63) is 23.9 Å². The fourth-order valence-electron chi connectivity index (χ4n) is 0.969. The fraction of sp³-hybridized carbons (Fsp3) is 0.143. The summed E-state index contributed by atoms with van der Waals surface area (Å²) in [6.45, 7) is 5.53. The molecular weight excluding hydrogens is 126 g/mol. The predicted molar refractivity (Wildman–Crippen MR) is 43.2 cm³/mol. The van der Waals surface area contributed by atoms with Gasteiger partial charge in [0.15, 0.2) is 0 Å². The van der Waals surface area contributed by atoms with Crippen molar-refractivity contribution in [1.82, 2.24) is 4.98 Å². The summed E-state index contributed by atoms with van der Waals surface area (Å²) in [5, 5.41) is 0. The molecule has 0 fully saturated rings. The number of aromatic amines is 1. The Morgan fingerprint density at radius 1 is 1.70 bits per heavy atom. The molecule has 0 spiro atoms. The number of nitrogens with one attached hydrogen (secondary N) is 1. The molecule has 1 aromatic rings. The van der Waals surface area contributed by atoms with Crippen LogP contribution in [0.5, 0.6) is 0 Å². The average Bonchev–Trinajstić information content (AvgIpc) is 2.11. The van der Waals surface area contributed by atoms with Crippen molar-refractivity contribution >= 4 is 11.5 Å². The van der Waals surface area contributed by atoms with E-state index in [1.165, 1.54) is 0 Å². The number of nitrogens with two attached hydrogens (primary N) is 2. The highest BCUT2D eigenvalue weighted by molar-refractivity contribution is 5.72. The molecule has 5 N–H and O–H groups in total. The maximum Gasteiger partial charge on any atom is 0.110 e. The van der Waals surface area contributed by atoms with Crippen LogP contribution in [0.3, 0.4) is 0 Å². The van der Waals surface area contributed by atoms with E-state index in [0.717, 1.165) is 11.1 Å². The van der Waals surface area contributed by atoms with Gasteiger partial charge in [-0.3, -0.25) is 0 Å². The van der Waals surface area contributed by atoms with Gasteiger partial charge < -0.3 is 16.5 Å². The Morgan fingerprint density at radius 2 is 2.30 bits per heavy atom. The van der Waals surface area contributed by atoms with Crippen molar-refractivity contribution < 1.29 is 0 Å². The Kier molecular flexibility index (Phi) is 1.41. The summed E-state index contributed by atoms with van der Waals surface area (Å²) in [7, 11) is 0. The summed E-state index contributed by atoms with van der Waals surface area (Å²) < 4.78 is 0. The van der Waals surface area contributed by atoms with Gasteiger partial charge in [-0.1, -0.05) is 6.58 Å². The van der Waals surface area contributed by atoms with Gasteiger partial charge in [-0.2, -0.15) is 0 Å². The standard InChI is InChI=1S/C7H11N3/c1-4-3-10-7(9)6(4)5(2)8/h3,10H,2,8-9H2,1H3. The van der Waals surface area contributed by atoms with Crippen molar-refractivity contribution in [3.8, 4) is 0 Å². The average molecular weight is 137 g/mol. The SMILES string of the molecule is C=C(N)c1c(C)c[nH]c1N. The minimum absolute atomic E-state index is 0.510. The van der Waals surface area contributed by atoms with Crippen LogP contribution in [0.15, 0.2) is 12.8 Å². The Balaban J connectivity index is 3.23. The van der Waals surface area contributed by atoms with E-state index in [-0.39, 0.29) is 0 Å². The molecule has 1 aromatic heterocycles. The van der Waals surface area contributed by atoms with Gasteiger partial charge in [-0.05, 0) is 12.5 Å². The quantitative estimate of drug-likeness (QED) is 0.536. The molecule has 0 aromatic carbocycles. The van der Waals surface area contributed by atoms with Crippen LogP contribution in [0.1, 0.15) is 11.1 Å². The first-order valence-electron chi connectivity index (χ1n) is 3.01. The first-order chi connectivity index (χ1) is 4.63. The minimum Gasteiger partial charge on any atom is -0.399 e. The molecule has 0 aliphatic carbocycles. The summed E-state index contributed by atoms with van der Waals surface area (Å²) in [5.74, 6) is 0.588.